The molecule has 5 nitrogen and oxygen atoms in total. The fourth-order valence-corrected chi connectivity index (χ4v) is 3.42. The highest BCUT2D eigenvalue weighted by molar-refractivity contribution is 6.11. The molecule has 134 valence electrons. The lowest BCUT2D eigenvalue weighted by molar-refractivity contribution is 0.0718. The Kier molecular flexibility index (Phi) is 3.77. The second-order valence-corrected chi connectivity index (χ2v) is 7.01. The van der Waals surface area contributed by atoms with Gasteiger partial charge in [0, 0.05) is 6.07 Å². The topological polar surface area (TPSA) is 68.3 Å². The van der Waals surface area contributed by atoms with Crippen molar-refractivity contribution in [3.63, 3.8) is 0 Å². The number of rotatable bonds is 4. The molecular formula is C21H20O5. The van der Waals surface area contributed by atoms with E-state index in [-0.39, 0.29) is 35.1 Å². The molecule has 0 spiro atoms. The number of ketones is 1. The first kappa shape index (κ1) is 16.7. The molecule has 2 unspecified atom stereocenters. The first-order valence-corrected chi connectivity index (χ1v) is 8.48. The number of epoxide rings is 1. The van der Waals surface area contributed by atoms with Crippen LogP contribution in [-0.2, 0) is 4.74 Å². The van der Waals surface area contributed by atoms with Crippen molar-refractivity contribution < 1.29 is 24.1 Å². The monoisotopic (exact) mass is 352 g/mol. The van der Waals surface area contributed by atoms with Crippen LogP contribution >= 0.6 is 0 Å². The largest absolute Gasteiger partial charge is 0.506 e. The maximum atomic E-state index is 12.7. The summed E-state index contributed by atoms with van der Waals surface area (Å²) in [5.41, 5.74) is 1.05. The maximum absolute atomic E-state index is 12.7. The zero-order valence-electron chi connectivity index (χ0n) is 14.9. The fraction of sp³-hybridized carbons (Fsp3) is 0.286. The van der Waals surface area contributed by atoms with Crippen molar-refractivity contribution in [3.05, 3.63) is 59.2 Å². The predicted molar refractivity (Wildman–Crippen MR) is 96.8 cm³/mol. The zero-order chi connectivity index (χ0) is 18.5. The number of benzene rings is 2. The lowest BCUT2D eigenvalue weighted by Gasteiger charge is -2.30. The van der Waals surface area contributed by atoms with Crippen LogP contribution in [0, 0.1) is 0 Å². The second kappa shape index (κ2) is 5.88. The van der Waals surface area contributed by atoms with E-state index in [1.807, 2.05) is 44.2 Å². The molecule has 0 bridgehead atoms. The molecule has 0 aliphatic carbocycles. The van der Waals surface area contributed by atoms with E-state index in [2.05, 4.69) is 0 Å². The third-order valence-corrected chi connectivity index (χ3v) is 4.79. The molecule has 4 rings (SSSR count). The highest BCUT2D eigenvalue weighted by atomic mass is 16.6. The molecule has 2 aromatic carbocycles. The van der Waals surface area contributed by atoms with E-state index in [1.54, 1.807) is 12.1 Å². The summed E-state index contributed by atoms with van der Waals surface area (Å²) in [4.78, 5) is 12.7. The highest BCUT2D eigenvalue weighted by Gasteiger charge is 2.58. The lowest BCUT2D eigenvalue weighted by atomic mass is 9.91. The van der Waals surface area contributed by atoms with E-state index in [0.717, 1.165) is 5.56 Å². The zero-order valence-corrected chi connectivity index (χ0v) is 14.9. The number of carbonyl (C=O) groups is 1. The number of phenolic OH excluding ortho intramolecular Hbond substituents is 1. The number of carbonyl (C=O) groups excluding carboxylic acids is 1. The number of hydrogen-bond donors (Lipinski definition) is 1. The van der Waals surface area contributed by atoms with Crippen LogP contribution in [0.2, 0.25) is 0 Å². The molecule has 2 aromatic rings. The molecule has 0 saturated carbocycles. The van der Waals surface area contributed by atoms with Gasteiger partial charge in [0.2, 0.25) is 0 Å². The number of methoxy groups -OCH3 is 1. The van der Waals surface area contributed by atoms with Gasteiger partial charge < -0.3 is 19.3 Å². The van der Waals surface area contributed by atoms with Crippen LogP contribution < -0.4 is 9.47 Å². The number of phenols is 1. The van der Waals surface area contributed by atoms with Gasteiger partial charge in [-0.25, -0.2) is 0 Å². The summed E-state index contributed by atoms with van der Waals surface area (Å²) in [5.74, 6) is 0.295. The van der Waals surface area contributed by atoms with E-state index < -0.39 is 5.60 Å². The highest BCUT2D eigenvalue weighted by Crippen LogP contribution is 2.58. The van der Waals surface area contributed by atoms with E-state index in [0.29, 0.717) is 11.3 Å². The van der Waals surface area contributed by atoms with Crippen LogP contribution in [0.15, 0.2) is 42.5 Å². The van der Waals surface area contributed by atoms with Gasteiger partial charge in [0.25, 0.3) is 0 Å². The number of aromatic hydroxyl groups is 1. The predicted octanol–water partition coefficient (Wildman–Crippen LogP) is 3.91. The molecule has 1 fully saturated rings. The Morgan fingerprint density at radius 3 is 2.69 bits per heavy atom. The van der Waals surface area contributed by atoms with Crippen molar-refractivity contribution in [2.45, 2.75) is 31.7 Å². The Hall–Kier alpha value is -2.79. The molecule has 2 atom stereocenters. The summed E-state index contributed by atoms with van der Waals surface area (Å²) in [7, 11) is 1.46. The van der Waals surface area contributed by atoms with Gasteiger partial charge in [0.1, 0.15) is 40.6 Å². The third kappa shape index (κ3) is 2.65. The van der Waals surface area contributed by atoms with E-state index in [4.69, 9.17) is 14.2 Å². The van der Waals surface area contributed by atoms with Gasteiger partial charge in [-0.1, -0.05) is 36.4 Å². The average Bonchev–Trinajstić information content (AvgIpc) is 3.41. The van der Waals surface area contributed by atoms with Crippen molar-refractivity contribution in [1.82, 2.24) is 0 Å². The van der Waals surface area contributed by atoms with Crippen LogP contribution in [0.25, 0.3) is 6.08 Å². The van der Waals surface area contributed by atoms with Crippen molar-refractivity contribution in [3.8, 4) is 17.2 Å². The standard InChI is InChI=1S/C21H20O5/c1-21(2)20-19(25-20)17-15(26-21)11-14(24-3)16(18(17)23)13(22)10-9-12-7-5-4-6-8-12/h4-11,19-20,23H,1-3H3/b10-9+. The van der Waals surface area contributed by atoms with E-state index in [9.17, 15) is 9.90 Å². The average molecular weight is 352 g/mol. The summed E-state index contributed by atoms with van der Waals surface area (Å²) in [6.07, 6.45) is 2.75. The van der Waals surface area contributed by atoms with Gasteiger partial charge in [-0.3, -0.25) is 4.79 Å². The fourth-order valence-electron chi connectivity index (χ4n) is 3.42. The van der Waals surface area contributed by atoms with Crippen LogP contribution in [0.5, 0.6) is 17.2 Å². The van der Waals surface area contributed by atoms with Crippen LogP contribution in [0.1, 0.15) is 41.4 Å². The Labute approximate surface area is 151 Å². The molecule has 1 saturated heterocycles. The van der Waals surface area contributed by atoms with Crippen LogP contribution in [-0.4, -0.2) is 29.7 Å². The normalized spacial score (nSPS) is 22.3. The van der Waals surface area contributed by atoms with Crippen molar-refractivity contribution >= 4 is 11.9 Å². The van der Waals surface area contributed by atoms with Crippen LogP contribution in [0.4, 0.5) is 0 Å². The quantitative estimate of drug-likeness (QED) is 0.513. The minimum Gasteiger partial charge on any atom is -0.506 e. The van der Waals surface area contributed by atoms with Gasteiger partial charge in [0.15, 0.2) is 5.78 Å². The number of allylic oxidation sites excluding steroid dienone is 1. The molecule has 2 aliphatic rings. The lowest BCUT2D eigenvalue weighted by Crippen LogP contribution is -2.37. The van der Waals surface area contributed by atoms with Gasteiger partial charge in [-0.2, -0.15) is 0 Å². The molecule has 26 heavy (non-hydrogen) atoms. The second-order valence-electron chi connectivity index (χ2n) is 7.01. The van der Waals surface area contributed by atoms with Crippen molar-refractivity contribution in [2.75, 3.05) is 7.11 Å². The molecule has 2 heterocycles. The number of ether oxygens (including phenoxy) is 3. The third-order valence-electron chi connectivity index (χ3n) is 4.79. The summed E-state index contributed by atoms with van der Waals surface area (Å²) < 4.78 is 17.0. The van der Waals surface area contributed by atoms with Gasteiger partial charge in [-0.15, -0.1) is 0 Å². The van der Waals surface area contributed by atoms with Gasteiger partial charge in [-0.05, 0) is 25.5 Å². The first-order valence-electron chi connectivity index (χ1n) is 8.48. The van der Waals surface area contributed by atoms with Crippen molar-refractivity contribution in [1.29, 1.82) is 0 Å². The number of fused-ring (bicyclic) bond motifs is 3. The van der Waals surface area contributed by atoms with Crippen LogP contribution in [0.3, 0.4) is 0 Å². The minimum absolute atomic E-state index is 0.121. The smallest absolute Gasteiger partial charge is 0.193 e. The molecule has 0 aromatic heterocycles. The molecule has 5 heteroatoms. The van der Waals surface area contributed by atoms with Gasteiger partial charge in [0.05, 0.1) is 12.7 Å². The molecular weight excluding hydrogens is 332 g/mol. The summed E-state index contributed by atoms with van der Waals surface area (Å²) >= 11 is 0. The maximum Gasteiger partial charge on any atom is 0.193 e. The Balaban J connectivity index is 1.74. The minimum atomic E-state index is -0.492. The summed E-state index contributed by atoms with van der Waals surface area (Å²) in [6.45, 7) is 3.87. The number of hydrogen-bond acceptors (Lipinski definition) is 5. The molecule has 2 aliphatic heterocycles. The van der Waals surface area contributed by atoms with E-state index >= 15 is 0 Å². The Morgan fingerprint density at radius 2 is 2.00 bits per heavy atom. The Bertz CT molecular complexity index is 898. The summed E-state index contributed by atoms with van der Waals surface area (Å²) in [6, 6.07) is 11.1. The first-order chi connectivity index (χ1) is 12.4. The molecule has 1 N–H and O–H groups in total. The van der Waals surface area contributed by atoms with Gasteiger partial charge >= 0.3 is 0 Å². The van der Waals surface area contributed by atoms with Crippen molar-refractivity contribution in [2.24, 2.45) is 0 Å². The Morgan fingerprint density at radius 1 is 1.27 bits per heavy atom. The van der Waals surface area contributed by atoms with E-state index in [1.165, 1.54) is 13.2 Å². The molecule has 0 amide bonds. The SMILES string of the molecule is COc1cc2c(c(O)c1C(=O)/C=C/c1ccccc1)C1OC1C(C)(C)O2. The molecule has 0 radical (unpaired) electrons. The summed E-state index contributed by atoms with van der Waals surface area (Å²) in [5, 5.41) is 10.8.